The van der Waals surface area contributed by atoms with Crippen LogP contribution in [0.4, 0.5) is 9.59 Å². The maximum atomic E-state index is 13.9. The molecule has 0 aliphatic carbocycles. The van der Waals surface area contributed by atoms with E-state index in [1.807, 2.05) is 31.9 Å². The zero-order valence-corrected chi connectivity index (χ0v) is 37.6. The lowest BCUT2D eigenvalue weighted by atomic mass is 9.92. The molecule has 3 fully saturated rings. The number of rotatable bonds is 9. The highest BCUT2D eigenvalue weighted by molar-refractivity contribution is 6.07. The number of ether oxygens (including phenoxy) is 4. The lowest BCUT2D eigenvalue weighted by Crippen LogP contribution is -2.52. The zero-order valence-electron chi connectivity index (χ0n) is 37.6. The van der Waals surface area contributed by atoms with E-state index in [1.165, 1.54) is 14.2 Å². The Morgan fingerprint density at radius 1 is 0.938 bits per heavy atom. The number of alkyl carbamates (subject to hydrolysis) is 1. The highest BCUT2D eigenvalue weighted by Crippen LogP contribution is 2.44. The van der Waals surface area contributed by atoms with Gasteiger partial charge in [-0.2, -0.15) is 0 Å². The molecular formula is C48H60N8O8. The average molecular weight is 877 g/mol. The van der Waals surface area contributed by atoms with E-state index in [-0.39, 0.29) is 47.8 Å². The van der Waals surface area contributed by atoms with E-state index in [0.717, 1.165) is 119 Å². The molecule has 2 aromatic heterocycles. The second-order valence-electron chi connectivity index (χ2n) is 17.8. The molecule has 6 heterocycles. The Balaban J connectivity index is 0.00000106. The molecule has 0 saturated carbocycles. The number of aromatic amines is 2. The fourth-order valence-electron chi connectivity index (χ4n) is 10.0. The van der Waals surface area contributed by atoms with E-state index in [2.05, 4.69) is 80.0 Å². The van der Waals surface area contributed by atoms with Gasteiger partial charge in [0.2, 0.25) is 11.8 Å². The van der Waals surface area contributed by atoms with Crippen LogP contribution >= 0.6 is 0 Å². The van der Waals surface area contributed by atoms with Gasteiger partial charge >= 0.3 is 12.2 Å². The summed E-state index contributed by atoms with van der Waals surface area (Å²) in [5.41, 5.74) is 11.3. The predicted octanol–water partition coefficient (Wildman–Crippen LogP) is 8.07. The van der Waals surface area contributed by atoms with E-state index in [1.54, 1.807) is 0 Å². The van der Waals surface area contributed by atoms with Crippen LogP contribution in [0.2, 0.25) is 0 Å². The lowest BCUT2D eigenvalue weighted by Gasteiger charge is -2.32. The highest BCUT2D eigenvalue weighted by atomic mass is 16.5. The fourth-order valence-corrected chi connectivity index (χ4v) is 10.0. The van der Waals surface area contributed by atoms with E-state index in [4.69, 9.17) is 24.2 Å². The number of benzene rings is 3. The molecule has 340 valence electrons. The number of hydrogen-bond acceptors (Lipinski definition) is 10. The first-order chi connectivity index (χ1) is 30.9. The quantitative estimate of drug-likeness (QED) is 0.112. The maximum Gasteiger partial charge on any atom is 0.407 e. The molecule has 3 aromatic carbocycles. The SMILES string of the molecule is CC[C@H]1CC[C@@H](c2nc3c(ccc4cc5c(cc43)OCc3cc(-c4cnc([C@@H]6CC[C@H](C)N6C(=O)C(NC(=O)OC)C(C)C)[nH]4)ccc3-5)[nH]2)N1C(=O)CC1CCCOC1.COC(N)=O. The molecule has 4 amide bonds. The number of amides is 4. The average Bonchev–Trinajstić information content (AvgIpc) is 4.13. The Bertz CT molecular complexity index is 2530. The first kappa shape index (κ1) is 44.4. The lowest BCUT2D eigenvalue weighted by molar-refractivity contribution is -0.137. The smallest absolute Gasteiger partial charge is 0.407 e. The molecule has 0 spiro atoms. The number of fused-ring (bicyclic) bond motifs is 6. The van der Waals surface area contributed by atoms with Crippen molar-refractivity contribution in [2.75, 3.05) is 27.4 Å². The van der Waals surface area contributed by atoms with Gasteiger partial charge in [0.25, 0.3) is 0 Å². The first-order valence-corrected chi connectivity index (χ1v) is 22.6. The maximum absolute atomic E-state index is 13.9. The minimum absolute atomic E-state index is 0.00112. The van der Waals surface area contributed by atoms with Gasteiger partial charge in [-0.05, 0) is 110 Å². The first-order valence-electron chi connectivity index (χ1n) is 22.6. The van der Waals surface area contributed by atoms with Crippen LogP contribution in [0.15, 0.2) is 48.7 Å². The zero-order chi connectivity index (χ0) is 45.2. The van der Waals surface area contributed by atoms with Crippen molar-refractivity contribution < 1.29 is 38.1 Å². The highest BCUT2D eigenvalue weighted by Gasteiger charge is 2.42. The molecule has 16 nitrogen and oxygen atoms in total. The molecular weight excluding hydrogens is 817 g/mol. The molecule has 4 aliphatic rings. The summed E-state index contributed by atoms with van der Waals surface area (Å²) in [6.45, 7) is 9.93. The van der Waals surface area contributed by atoms with Gasteiger partial charge < -0.3 is 49.8 Å². The summed E-state index contributed by atoms with van der Waals surface area (Å²) in [5.74, 6) is 2.64. The van der Waals surface area contributed by atoms with Crippen molar-refractivity contribution in [1.29, 1.82) is 0 Å². The van der Waals surface area contributed by atoms with Crippen LogP contribution < -0.4 is 15.8 Å². The van der Waals surface area contributed by atoms with Crippen molar-refractivity contribution in [1.82, 2.24) is 35.1 Å². The van der Waals surface area contributed by atoms with Crippen LogP contribution in [0, 0.1) is 11.8 Å². The summed E-state index contributed by atoms with van der Waals surface area (Å²) in [5, 5.41) is 4.83. The van der Waals surface area contributed by atoms with Crippen LogP contribution in [0.1, 0.15) is 108 Å². The number of imidazole rings is 2. The van der Waals surface area contributed by atoms with Gasteiger partial charge in [-0.1, -0.05) is 39.0 Å². The monoisotopic (exact) mass is 876 g/mol. The number of likely N-dealkylation sites (tertiary alicyclic amines) is 2. The van der Waals surface area contributed by atoms with Crippen molar-refractivity contribution >= 4 is 45.8 Å². The molecule has 2 unspecified atom stereocenters. The third-order valence-corrected chi connectivity index (χ3v) is 13.4. The number of primary amides is 1. The number of nitrogens with two attached hydrogens (primary N) is 1. The number of hydrogen-bond donors (Lipinski definition) is 4. The van der Waals surface area contributed by atoms with E-state index >= 15 is 0 Å². The van der Waals surface area contributed by atoms with Gasteiger partial charge in [0.15, 0.2) is 0 Å². The van der Waals surface area contributed by atoms with Crippen molar-refractivity contribution in [2.24, 2.45) is 17.6 Å². The normalized spacial score (nSPS) is 22.0. The summed E-state index contributed by atoms with van der Waals surface area (Å²) >= 11 is 0. The van der Waals surface area contributed by atoms with Crippen molar-refractivity contribution in [3.63, 3.8) is 0 Å². The number of nitrogens with one attached hydrogen (secondary N) is 3. The van der Waals surface area contributed by atoms with Gasteiger partial charge in [0.1, 0.15) is 30.0 Å². The predicted molar refractivity (Wildman–Crippen MR) is 241 cm³/mol. The second-order valence-corrected chi connectivity index (χ2v) is 17.8. The summed E-state index contributed by atoms with van der Waals surface area (Å²) in [6.07, 6.45) is 7.47. The van der Waals surface area contributed by atoms with Crippen molar-refractivity contribution in [3.8, 4) is 28.1 Å². The molecule has 64 heavy (non-hydrogen) atoms. The minimum Gasteiger partial charge on any atom is -0.488 e. The molecule has 5 aromatic rings. The number of aromatic nitrogens is 4. The number of methoxy groups -OCH3 is 2. The molecule has 0 bridgehead atoms. The van der Waals surface area contributed by atoms with Gasteiger partial charge in [0.05, 0.1) is 49.2 Å². The topological polar surface area (TPSA) is 207 Å². The summed E-state index contributed by atoms with van der Waals surface area (Å²) in [4.78, 5) is 70.2. The van der Waals surface area contributed by atoms with E-state index in [9.17, 15) is 19.2 Å². The van der Waals surface area contributed by atoms with Crippen molar-refractivity contribution in [3.05, 3.63) is 65.9 Å². The van der Waals surface area contributed by atoms with Crippen molar-refractivity contribution in [2.45, 2.75) is 116 Å². The number of carbonyl (C=O) groups is 4. The molecule has 9 rings (SSSR count). The number of carbonyl (C=O) groups excluding carboxylic acids is 4. The Hall–Kier alpha value is -6.16. The molecule has 0 radical (unpaired) electrons. The summed E-state index contributed by atoms with van der Waals surface area (Å²) < 4.78 is 20.9. The molecule has 3 saturated heterocycles. The van der Waals surface area contributed by atoms with Crippen LogP contribution in [-0.2, 0) is 30.4 Å². The Labute approximate surface area is 372 Å². The molecule has 4 aliphatic heterocycles. The third-order valence-electron chi connectivity index (χ3n) is 13.4. The Kier molecular flexibility index (Phi) is 13.1. The van der Waals surface area contributed by atoms with Gasteiger partial charge in [0, 0.05) is 42.7 Å². The number of H-pyrrole nitrogens is 2. The number of nitrogens with zero attached hydrogens (tertiary/aromatic N) is 4. The van der Waals surface area contributed by atoms with Crippen LogP contribution in [0.25, 0.3) is 44.2 Å². The van der Waals surface area contributed by atoms with Crippen LogP contribution in [-0.4, -0.2) is 99.3 Å². The third kappa shape index (κ3) is 8.84. The summed E-state index contributed by atoms with van der Waals surface area (Å²) in [7, 11) is 2.53. The summed E-state index contributed by atoms with van der Waals surface area (Å²) in [6, 6.07) is 14.2. The molecule has 6 atom stereocenters. The van der Waals surface area contributed by atoms with Gasteiger partial charge in [-0.3, -0.25) is 9.59 Å². The van der Waals surface area contributed by atoms with Crippen LogP contribution in [0.5, 0.6) is 5.75 Å². The van der Waals surface area contributed by atoms with E-state index < -0.39 is 18.2 Å². The second kappa shape index (κ2) is 18.9. The molecule has 16 heteroatoms. The van der Waals surface area contributed by atoms with Gasteiger partial charge in [-0.15, -0.1) is 0 Å². The largest absolute Gasteiger partial charge is 0.488 e. The Morgan fingerprint density at radius 3 is 2.44 bits per heavy atom. The standard InChI is InChI=1S/C46H55N7O6.C2H5NO2/c1-6-31-12-16-38(53(31)40(54)18-27-8-7-17-58-23-27)44-48-35-14-11-28-20-34-32-13-10-29(19-30(32)24-59-39(34)21-33(28)42(35)50-44)36-22-47-43(49-36)37-15-9-26(4)52(37)45(55)41(25(2)3)51-46(56)57-5;1-5-2(3)4/h10-11,13-14,19-22,25-27,31,37-38,41H,6-9,12,15-18,23-24H2,1-5H3,(H,47,49)(H,48,50)(H,51,56);1H3,(H2,3,4)/t26-,27?,31-,37-,38-,41?;/m0./s1. The fraction of sp³-hybridized carbons (Fsp3) is 0.500. The molecule has 5 N–H and O–H groups in total. The van der Waals surface area contributed by atoms with Gasteiger partial charge in [-0.25, -0.2) is 19.6 Å². The van der Waals surface area contributed by atoms with Crippen LogP contribution in [0.3, 0.4) is 0 Å². The minimum atomic E-state index is -0.745. The Morgan fingerprint density at radius 2 is 1.72 bits per heavy atom. The van der Waals surface area contributed by atoms with E-state index in [0.29, 0.717) is 19.6 Å².